The molecule has 158 valence electrons. The van der Waals surface area contributed by atoms with Gasteiger partial charge in [0.25, 0.3) is 5.56 Å². The minimum Gasteiger partial charge on any atom is -0.378 e. The third-order valence-corrected chi connectivity index (χ3v) is 5.36. The quantitative estimate of drug-likeness (QED) is 0.656. The fourth-order valence-corrected chi connectivity index (χ4v) is 3.67. The van der Waals surface area contributed by atoms with Gasteiger partial charge in [-0.15, -0.1) is 5.10 Å². The lowest BCUT2D eigenvalue weighted by Crippen LogP contribution is -2.38. The molecule has 11 heteroatoms. The average Bonchev–Trinajstić information content (AvgIpc) is 3.46. The number of aromatic nitrogens is 4. The lowest BCUT2D eigenvalue weighted by atomic mass is 10.0. The van der Waals surface area contributed by atoms with Crippen LogP contribution in [0.4, 0.5) is 23.5 Å². The maximum Gasteiger partial charge on any atom is 0.418 e. The third-order valence-electron chi connectivity index (χ3n) is 5.36. The maximum atomic E-state index is 14.8. The van der Waals surface area contributed by atoms with Crippen molar-refractivity contribution in [2.45, 2.75) is 24.9 Å². The topological polar surface area (TPSA) is 76.0 Å². The van der Waals surface area contributed by atoms with Gasteiger partial charge in [0.05, 0.1) is 18.8 Å². The van der Waals surface area contributed by atoms with E-state index >= 15 is 0 Å². The first-order valence-corrected chi connectivity index (χ1v) is 9.54. The number of hydrogen-bond donors (Lipinski definition) is 1. The van der Waals surface area contributed by atoms with E-state index in [-0.39, 0.29) is 22.9 Å². The molecule has 1 saturated heterocycles. The number of fused-ring (bicyclic) bond motifs is 1. The molecule has 1 N–H and O–H groups in total. The molecule has 2 fully saturated rings. The normalized spacial score (nSPS) is 17.7. The van der Waals surface area contributed by atoms with Crippen LogP contribution in [-0.2, 0) is 10.9 Å². The zero-order valence-electron chi connectivity index (χ0n) is 15.7. The van der Waals surface area contributed by atoms with Gasteiger partial charge in [0, 0.05) is 19.3 Å². The van der Waals surface area contributed by atoms with E-state index in [1.807, 2.05) is 0 Å². The first-order valence-electron chi connectivity index (χ1n) is 9.54. The lowest BCUT2D eigenvalue weighted by Gasteiger charge is -2.26. The van der Waals surface area contributed by atoms with Gasteiger partial charge in [0.2, 0.25) is 5.95 Å². The highest BCUT2D eigenvalue weighted by atomic mass is 19.4. The standard InChI is InChI=1S/C19H17F4N5O2/c20-14-8-11(10-1-2-10)7-13(19(21,22)23)15(14)28-9-12-16(26-28)24-18(25-17(12)29)27-3-5-30-6-4-27/h7-10H,1-6H2,(H,24,25,26,29). The summed E-state index contributed by atoms with van der Waals surface area (Å²) in [6.45, 7) is 1.93. The molecule has 1 aromatic carbocycles. The van der Waals surface area contributed by atoms with Crippen LogP contribution in [0.5, 0.6) is 0 Å². The highest BCUT2D eigenvalue weighted by Gasteiger charge is 2.38. The van der Waals surface area contributed by atoms with Gasteiger partial charge >= 0.3 is 6.18 Å². The summed E-state index contributed by atoms with van der Waals surface area (Å²) >= 11 is 0. The molecule has 5 rings (SSSR count). The number of benzene rings is 1. The van der Waals surface area contributed by atoms with Crippen LogP contribution in [0.1, 0.15) is 29.9 Å². The van der Waals surface area contributed by atoms with Gasteiger partial charge in [-0.3, -0.25) is 9.78 Å². The molecule has 2 aromatic heterocycles. The predicted molar refractivity (Wildman–Crippen MR) is 99.5 cm³/mol. The smallest absolute Gasteiger partial charge is 0.378 e. The molecule has 0 bridgehead atoms. The number of aromatic amines is 1. The van der Waals surface area contributed by atoms with Gasteiger partial charge < -0.3 is 9.64 Å². The summed E-state index contributed by atoms with van der Waals surface area (Å²) in [4.78, 5) is 21.1. The van der Waals surface area contributed by atoms with Crippen LogP contribution in [-0.4, -0.2) is 46.1 Å². The Hall–Kier alpha value is -2.95. The first kappa shape index (κ1) is 19.0. The second kappa shape index (κ2) is 6.79. The number of H-pyrrole nitrogens is 1. The van der Waals surface area contributed by atoms with Crippen molar-refractivity contribution in [3.8, 4) is 5.69 Å². The van der Waals surface area contributed by atoms with Crippen LogP contribution in [0.25, 0.3) is 16.7 Å². The number of nitrogens with one attached hydrogen (secondary N) is 1. The van der Waals surface area contributed by atoms with Crippen LogP contribution in [0.2, 0.25) is 0 Å². The Morgan fingerprint density at radius 3 is 2.57 bits per heavy atom. The largest absolute Gasteiger partial charge is 0.418 e. The minimum atomic E-state index is -4.78. The van der Waals surface area contributed by atoms with Crippen LogP contribution in [0.3, 0.4) is 0 Å². The molecule has 3 heterocycles. The van der Waals surface area contributed by atoms with Gasteiger partial charge in [-0.1, -0.05) is 0 Å². The zero-order chi connectivity index (χ0) is 21.0. The third kappa shape index (κ3) is 3.32. The summed E-state index contributed by atoms with van der Waals surface area (Å²) < 4.78 is 62.0. The Morgan fingerprint density at radius 2 is 1.90 bits per heavy atom. The van der Waals surface area contributed by atoms with E-state index in [1.54, 1.807) is 4.90 Å². The number of rotatable bonds is 3. The average molecular weight is 423 g/mol. The molecule has 0 amide bonds. The summed E-state index contributed by atoms with van der Waals surface area (Å²) in [5, 5.41) is 3.99. The Balaban J connectivity index is 1.64. The highest BCUT2D eigenvalue weighted by Crippen LogP contribution is 2.44. The Labute approximate surface area is 167 Å². The summed E-state index contributed by atoms with van der Waals surface area (Å²) in [6, 6.07) is 2.09. The van der Waals surface area contributed by atoms with Crippen molar-refractivity contribution in [1.82, 2.24) is 19.7 Å². The van der Waals surface area contributed by atoms with Crippen LogP contribution in [0.15, 0.2) is 23.1 Å². The molecule has 0 atom stereocenters. The Kier molecular flexibility index (Phi) is 4.31. The molecule has 0 spiro atoms. The number of ether oxygens (including phenoxy) is 1. The number of morpholine rings is 1. The maximum absolute atomic E-state index is 14.8. The fourth-order valence-electron chi connectivity index (χ4n) is 3.67. The second-order valence-electron chi connectivity index (χ2n) is 7.47. The molecular formula is C19H17F4N5O2. The van der Waals surface area contributed by atoms with Crippen LogP contribution >= 0.6 is 0 Å². The molecule has 0 radical (unpaired) electrons. The summed E-state index contributed by atoms with van der Waals surface area (Å²) in [5.74, 6) is -0.835. The van der Waals surface area contributed by atoms with Crippen LogP contribution in [0, 0.1) is 5.82 Å². The molecule has 2 aliphatic rings. The molecule has 0 unspecified atom stereocenters. The summed E-state index contributed by atoms with van der Waals surface area (Å²) in [5.41, 5.74) is -2.15. The van der Waals surface area contributed by atoms with Crippen molar-refractivity contribution in [3.05, 3.63) is 45.6 Å². The summed E-state index contributed by atoms with van der Waals surface area (Å²) in [7, 11) is 0. The minimum absolute atomic E-state index is 0.0224. The number of alkyl halides is 3. The molecule has 7 nitrogen and oxygen atoms in total. The molecule has 1 aliphatic carbocycles. The van der Waals surface area contributed by atoms with E-state index in [0.717, 1.165) is 35.9 Å². The fraction of sp³-hybridized carbons (Fsp3) is 0.421. The highest BCUT2D eigenvalue weighted by molar-refractivity contribution is 5.75. The van der Waals surface area contributed by atoms with Gasteiger partial charge in [0.15, 0.2) is 5.65 Å². The van der Waals surface area contributed by atoms with Crippen molar-refractivity contribution in [2.24, 2.45) is 0 Å². The molecule has 1 aliphatic heterocycles. The molecule has 1 saturated carbocycles. The van der Waals surface area contributed by atoms with Crippen molar-refractivity contribution >= 4 is 17.0 Å². The van der Waals surface area contributed by atoms with E-state index < -0.39 is 28.8 Å². The van der Waals surface area contributed by atoms with E-state index in [4.69, 9.17) is 4.74 Å². The lowest BCUT2D eigenvalue weighted by molar-refractivity contribution is -0.137. The van der Waals surface area contributed by atoms with E-state index in [9.17, 15) is 22.4 Å². The van der Waals surface area contributed by atoms with Crippen molar-refractivity contribution in [3.63, 3.8) is 0 Å². The molecule has 3 aromatic rings. The molecule has 30 heavy (non-hydrogen) atoms. The van der Waals surface area contributed by atoms with Gasteiger partial charge in [-0.25, -0.2) is 9.07 Å². The number of hydrogen-bond acceptors (Lipinski definition) is 5. The monoisotopic (exact) mass is 423 g/mol. The van der Waals surface area contributed by atoms with Crippen molar-refractivity contribution in [2.75, 3.05) is 31.2 Å². The number of anilines is 1. The summed E-state index contributed by atoms with van der Waals surface area (Å²) in [6.07, 6.45) is -2.22. The van der Waals surface area contributed by atoms with Gasteiger partial charge in [0.1, 0.15) is 16.9 Å². The van der Waals surface area contributed by atoms with Gasteiger partial charge in [-0.2, -0.15) is 18.2 Å². The van der Waals surface area contributed by atoms with E-state index in [1.165, 1.54) is 0 Å². The molecular weight excluding hydrogens is 406 g/mol. The van der Waals surface area contributed by atoms with E-state index in [2.05, 4.69) is 15.1 Å². The van der Waals surface area contributed by atoms with Crippen molar-refractivity contribution < 1.29 is 22.3 Å². The van der Waals surface area contributed by atoms with Crippen molar-refractivity contribution in [1.29, 1.82) is 0 Å². The second-order valence-corrected chi connectivity index (χ2v) is 7.47. The SMILES string of the molecule is O=c1[nH]c(N2CCOCC2)nc2nn(-c3c(F)cc(C4CC4)cc3C(F)(F)F)cc12. The Morgan fingerprint density at radius 1 is 1.17 bits per heavy atom. The first-order chi connectivity index (χ1) is 14.3. The number of nitrogens with zero attached hydrogens (tertiary/aromatic N) is 4. The van der Waals surface area contributed by atoms with E-state index in [0.29, 0.717) is 31.9 Å². The predicted octanol–water partition coefficient (Wildman–Crippen LogP) is 2.98. The Bertz CT molecular complexity index is 1180. The zero-order valence-corrected chi connectivity index (χ0v) is 15.7. The van der Waals surface area contributed by atoms with Gasteiger partial charge in [-0.05, 0) is 36.5 Å². The van der Waals surface area contributed by atoms with Crippen LogP contribution < -0.4 is 10.5 Å². The number of halogens is 4.